The molecule has 1 heterocycles. The van der Waals surface area contributed by atoms with Crippen LogP contribution < -0.4 is 10.5 Å². The molecule has 4 nitrogen and oxygen atoms in total. The average Bonchev–Trinajstić information content (AvgIpc) is 2.78. The Morgan fingerprint density at radius 2 is 2.06 bits per heavy atom. The van der Waals surface area contributed by atoms with E-state index in [1.165, 1.54) is 0 Å². The SMILES string of the molecule is CC(C)Oc1ccc(C2OCC(CN)O2)cc1. The van der Waals surface area contributed by atoms with Crippen molar-refractivity contribution in [3.05, 3.63) is 29.8 Å². The van der Waals surface area contributed by atoms with Gasteiger partial charge in [-0.2, -0.15) is 0 Å². The van der Waals surface area contributed by atoms with Crippen LogP contribution >= 0.6 is 0 Å². The summed E-state index contributed by atoms with van der Waals surface area (Å²) in [6.45, 7) is 5.06. The summed E-state index contributed by atoms with van der Waals surface area (Å²) < 4.78 is 16.7. The van der Waals surface area contributed by atoms with Crippen molar-refractivity contribution >= 4 is 0 Å². The Balaban J connectivity index is 1.98. The molecule has 2 rings (SSSR count). The number of hydrogen-bond acceptors (Lipinski definition) is 4. The number of nitrogens with two attached hydrogens (primary N) is 1. The lowest BCUT2D eigenvalue weighted by atomic mass is 10.2. The molecule has 0 aliphatic carbocycles. The van der Waals surface area contributed by atoms with Crippen LogP contribution in [0.25, 0.3) is 0 Å². The van der Waals surface area contributed by atoms with Crippen molar-refractivity contribution < 1.29 is 14.2 Å². The quantitative estimate of drug-likeness (QED) is 0.868. The molecular weight excluding hydrogens is 218 g/mol. The number of hydrogen-bond donors (Lipinski definition) is 1. The fourth-order valence-electron chi connectivity index (χ4n) is 1.72. The second-order valence-corrected chi connectivity index (χ2v) is 4.39. The molecule has 1 aliphatic heterocycles. The highest BCUT2D eigenvalue weighted by Crippen LogP contribution is 2.27. The van der Waals surface area contributed by atoms with Crippen LogP contribution in [-0.4, -0.2) is 25.4 Å². The molecule has 0 bridgehead atoms. The molecule has 0 aromatic heterocycles. The van der Waals surface area contributed by atoms with E-state index in [-0.39, 0.29) is 18.5 Å². The van der Waals surface area contributed by atoms with Crippen LogP contribution in [0.3, 0.4) is 0 Å². The standard InChI is InChI=1S/C13H19NO3/c1-9(2)16-11-5-3-10(4-6-11)13-15-8-12(7-14)17-13/h3-6,9,12-13H,7-8,14H2,1-2H3. The molecule has 0 spiro atoms. The van der Waals surface area contributed by atoms with E-state index in [9.17, 15) is 0 Å². The molecule has 2 unspecified atom stereocenters. The van der Waals surface area contributed by atoms with E-state index in [1.807, 2.05) is 38.1 Å². The predicted molar refractivity (Wildman–Crippen MR) is 64.8 cm³/mol. The zero-order valence-electron chi connectivity index (χ0n) is 10.3. The van der Waals surface area contributed by atoms with Gasteiger partial charge in [0, 0.05) is 12.1 Å². The molecule has 4 heteroatoms. The lowest BCUT2D eigenvalue weighted by molar-refractivity contribution is -0.0585. The maximum Gasteiger partial charge on any atom is 0.184 e. The summed E-state index contributed by atoms with van der Waals surface area (Å²) in [6.07, 6.45) is -0.107. The van der Waals surface area contributed by atoms with Gasteiger partial charge in [-0.3, -0.25) is 0 Å². The van der Waals surface area contributed by atoms with Crippen molar-refractivity contribution in [3.8, 4) is 5.75 Å². The summed E-state index contributed by atoms with van der Waals surface area (Å²) in [6, 6.07) is 7.78. The Morgan fingerprint density at radius 3 is 2.59 bits per heavy atom. The Labute approximate surface area is 102 Å². The topological polar surface area (TPSA) is 53.7 Å². The minimum atomic E-state index is -0.295. The van der Waals surface area contributed by atoms with Crippen LogP contribution in [0.1, 0.15) is 25.7 Å². The third kappa shape index (κ3) is 3.19. The van der Waals surface area contributed by atoms with Crippen LogP contribution in [0.4, 0.5) is 0 Å². The van der Waals surface area contributed by atoms with E-state index in [4.69, 9.17) is 19.9 Å². The van der Waals surface area contributed by atoms with E-state index >= 15 is 0 Å². The summed E-state index contributed by atoms with van der Waals surface area (Å²) in [4.78, 5) is 0. The Hall–Kier alpha value is -1.10. The molecule has 2 N–H and O–H groups in total. The van der Waals surface area contributed by atoms with Gasteiger partial charge in [-0.1, -0.05) is 12.1 Å². The first-order chi connectivity index (χ1) is 8.19. The van der Waals surface area contributed by atoms with Crippen molar-refractivity contribution in [2.75, 3.05) is 13.2 Å². The van der Waals surface area contributed by atoms with Crippen LogP contribution in [0, 0.1) is 0 Å². The second kappa shape index (κ2) is 5.49. The first-order valence-corrected chi connectivity index (χ1v) is 5.93. The van der Waals surface area contributed by atoms with Crippen LogP contribution in [0.5, 0.6) is 5.75 Å². The van der Waals surface area contributed by atoms with E-state index in [0.29, 0.717) is 13.2 Å². The molecule has 1 aromatic carbocycles. The second-order valence-electron chi connectivity index (χ2n) is 4.39. The fraction of sp³-hybridized carbons (Fsp3) is 0.538. The molecule has 1 saturated heterocycles. The minimum Gasteiger partial charge on any atom is -0.491 e. The van der Waals surface area contributed by atoms with Crippen molar-refractivity contribution in [1.29, 1.82) is 0 Å². The van der Waals surface area contributed by atoms with E-state index in [2.05, 4.69) is 0 Å². The summed E-state index contributed by atoms with van der Waals surface area (Å²) in [5.41, 5.74) is 6.53. The minimum absolute atomic E-state index is 0.00610. The fourth-order valence-corrected chi connectivity index (χ4v) is 1.72. The first-order valence-electron chi connectivity index (χ1n) is 5.93. The molecule has 1 aromatic rings. The lowest BCUT2D eigenvalue weighted by Crippen LogP contribution is -2.21. The van der Waals surface area contributed by atoms with Gasteiger partial charge in [-0.15, -0.1) is 0 Å². The number of ether oxygens (including phenoxy) is 3. The van der Waals surface area contributed by atoms with E-state index in [1.54, 1.807) is 0 Å². The van der Waals surface area contributed by atoms with Gasteiger partial charge in [-0.05, 0) is 26.0 Å². The largest absolute Gasteiger partial charge is 0.491 e. The Bertz CT molecular complexity index is 350. The maximum atomic E-state index is 5.63. The molecule has 17 heavy (non-hydrogen) atoms. The first kappa shape index (κ1) is 12.4. The van der Waals surface area contributed by atoms with Gasteiger partial charge in [0.2, 0.25) is 0 Å². The van der Waals surface area contributed by atoms with Crippen molar-refractivity contribution in [2.45, 2.75) is 32.3 Å². The van der Waals surface area contributed by atoms with E-state index < -0.39 is 0 Å². The highest BCUT2D eigenvalue weighted by atomic mass is 16.7. The van der Waals surface area contributed by atoms with Crippen LogP contribution in [-0.2, 0) is 9.47 Å². The van der Waals surface area contributed by atoms with Gasteiger partial charge in [0.1, 0.15) is 5.75 Å². The average molecular weight is 237 g/mol. The van der Waals surface area contributed by atoms with E-state index in [0.717, 1.165) is 11.3 Å². The third-order valence-electron chi connectivity index (χ3n) is 2.54. The molecule has 0 amide bonds. The zero-order valence-corrected chi connectivity index (χ0v) is 10.3. The molecule has 1 aliphatic rings. The van der Waals surface area contributed by atoms with Crippen molar-refractivity contribution in [2.24, 2.45) is 5.73 Å². The summed E-state index contributed by atoms with van der Waals surface area (Å²) in [5, 5.41) is 0. The lowest BCUT2D eigenvalue weighted by Gasteiger charge is -2.13. The number of benzene rings is 1. The van der Waals surface area contributed by atoms with Gasteiger partial charge in [-0.25, -0.2) is 0 Å². The molecule has 2 atom stereocenters. The number of rotatable bonds is 4. The Morgan fingerprint density at radius 1 is 1.35 bits per heavy atom. The van der Waals surface area contributed by atoms with Gasteiger partial charge in [0.25, 0.3) is 0 Å². The molecule has 94 valence electrons. The van der Waals surface area contributed by atoms with Gasteiger partial charge >= 0.3 is 0 Å². The normalized spacial score (nSPS) is 24.2. The van der Waals surface area contributed by atoms with Gasteiger partial charge in [0.05, 0.1) is 18.8 Å². The van der Waals surface area contributed by atoms with Crippen LogP contribution in [0.15, 0.2) is 24.3 Å². The Kier molecular flexibility index (Phi) is 3.99. The smallest absolute Gasteiger partial charge is 0.184 e. The summed E-state index contributed by atoms with van der Waals surface area (Å²) in [7, 11) is 0. The molecule has 0 radical (unpaired) electrons. The third-order valence-corrected chi connectivity index (χ3v) is 2.54. The maximum absolute atomic E-state index is 5.63. The summed E-state index contributed by atoms with van der Waals surface area (Å²) in [5.74, 6) is 0.858. The van der Waals surface area contributed by atoms with Gasteiger partial charge in [0.15, 0.2) is 6.29 Å². The van der Waals surface area contributed by atoms with Crippen molar-refractivity contribution in [1.82, 2.24) is 0 Å². The zero-order chi connectivity index (χ0) is 12.3. The van der Waals surface area contributed by atoms with Crippen LogP contribution in [0.2, 0.25) is 0 Å². The molecule has 1 fully saturated rings. The highest BCUT2D eigenvalue weighted by Gasteiger charge is 2.26. The summed E-state index contributed by atoms with van der Waals surface area (Å²) >= 11 is 0. The predicted octanol–water partition coefficient (Wildman–Crippen LogP) is 1.85. The highest BCUT2D eigenvalue weighted by molar-refractivity contribution is 5.28. The van der Waals surface area contributed by atoms with Crippen molar-refractivity contribution in [3.63, 3.8) is 0 Å². The molecule has 0 saturated carbocycles. The monoisotopic (exact) mass is 237 g/mol. The molecular formula is C13H19NO3. The van der Waals surface area contributed by atoms with Gasteiger partial charge < -0.3 is 19.9 Å².